The van der Waals surface area contributed by atoms with E-state index in [0.29, 0.717) is 22.6 Å². The van der Waals surface area contributed by atoms with Crippen LogP contribution in [0.1, 0.15) is 15.3 Å². The van der Waals surface area contributed by atoms with E-state index < -0.39 is 0 Å². The van der Waals surface area contributed by atoms with E-state index in [9.17, 15) is 4.79 Å². The summed E-state index contributed by atoms with van der Waals surface area (Å²) in [6.07, 6.45) is 0. The van der Waals surface area contributed by atoms with Gasteiger partial charge in [0.15, 0.2) is 0 Å². The average Bonchev–Trinajstić information content (AvgIpc) is 2.56. The van der Waals surface area contributed by atoms with Crippen molar-refractivity contribution in [2.45, 2.75) is 10.7 Å². The van der Waals surface area contributed by atoms with Gasteiger partial charge in [0, 0.05) is 0 Å². The van der Waals surface area contributed by atoms with Crippen LogP contribution in [0.5, 0.6) is 0 Å². The van der Waals surface area contributed by atoms with Gasteiger partial charge in [-0.1, -0.05) is 92.5 Å². The van der Waals surface area contributed by atoms with Crippen LogP contribution in [0.25, 0.3) is 22.3 Å². The second kappa shape index (κ2) is 6.85. The third kappa shape index (κ3) is 3.19. The topological polar surface area (TPSA) is 30.2 Å². The molecule has 0 N–H and O–H groups in total. The zero-order valence-electron chi connectivity index (χ0n) is 12.4. The van der Waals surface area contributed by atoms with Crippen LogP contribution in [0.4, 0.5) is 0 Å². The molecule has 2 aromatic carbocycles. The Morgan fingerprint density at radius 2 is 1.30 bits per heavy atom. The van der Waals surface area contributed by atoms with Gasteiger partial charge < -0.3 is 4.42 Å². The summed E-state index contributed by atoms with van der Waals surface area (Å²) in [6.45, 7) is 1.82. The fourth-order valence-corrected chi connectivity index (χ4v) is 3.28. The number of benzene rings is 2. The monoisotopic (exact) mass is 432 g/mol. The van der Waals surface area contributed by atoms with Crippen molar-refractivity contribution in [2.24, 2.45) is 0 Å². The molecule has 0 radical (unpaired) electrons. The number of hydrogen-bond donors (Lipinski definition) is 0. The van der Waals surface area contributed by atoms with E-state index in [4.69, 9.17) is 4.42 Å². The summed E-state index contributed by atoms with van der Waals surface area (Å²) in [4.78, 5) is 13.2. The average molecular weight is 434 g/mol. The fraction of sp³-hybridized carbons (Fsp3) is 0.105. The highest BCUT2D eigenvalue weighted by Gasteiger charge is 2.22. The maximum absolute atomic E-state index is 13.2. The third-order valence-corrected chi connectivity index (χ3v) is 4.47. The maximum Gasteiger partial charge on any atom is 0.201 e. The highest BCUT2D eigenvalue weighted by atomic mass is 79.9. The molecule has 1 heterocycles. The molecule has 2 nitrogen and oxygen atoms in total. The molecule has 3 aromatic rings. The van der Waals surface area contributed by atoms with Gasteiger partial charge in [-0.05, 0) is 18.1 Å². The van der Waals surface area contributed by atoms with E-state index in [1.165, 1.54) is 0 Å². The Bertz CT molecular complexity index is 869. The fourth-order valence-electron chi connectivity index (χ4n) is 2.63. The Balaban J connectivity index is 2.36. The lowest BCUT2D eigenvalue weighted by Gasteiger charge is -2.14. The van der Waals surface area contributed by atoms with Gasteiger partial charge in [-0.2, -0.15) is 0 Å². The van der Waals surface area contributed by atoms with Gasteiger partial charge in [-0.25, -0.2) is 0 Å². The molecule has 0 atom stereocenters. The van der Waals surface area contributed by atoms with E-state index in [2.05, 4.69) is 31.9 Å². The van der Waals surface area contributed by atoms with Gasteiger partial charge in [0.05, 0.1) is 11.1 Å². The van der Waals surface area contributed by atoms with Crippen LogP contribution in [0, 0.1) is 6.92 Å². The Hall–Kier alpha value is -1.65. The minimum atomic E-state index is -0.235. The van der Waals surface area contributed by atoms with Crippen LogP contribution in [-0.2, 0) is 0 Å². The standard InChI is InChI=1S/C19H14Br2O2/c1-12-15(13-8-4-2-5-9-13)17(22)16(18(23-12)19(20)21)14-10-6-3-7-11-14/h2-11,19H,1H3. The first-order chi connectivity index (χ1) is 11.1. The molecule has 0 amide bonds. The summed E-state index contributed by atoms with van der Waals surface area (Å²) in [5, 5.41) is 0. The molecule has 0 aliphatic heterocycles. The predicted octanol–water partition coefficient (Wildman–Crippen LogP) is 6.07. The van der Waals surface area contributed by atoms with Crippen molar-refractivity contribution in [3.05, 3.63) is 82.4 Å². The molecule has 0 fully saturated rings. The minimum Gasteiger partial charge on any atom is -0.463 e. The van der Waals surface area contributed by atoms with Gasteiger partial charge in [0.1, 0.15) is 15.3 Å². The van der Waals surface area contributed by atoms with Crippen molar-refractivity contribution in [3.63, 3.8) is 0 Å². The number of alkyl halides is 2. The van der Waals surface area contributed by atoms with E-state index >= 15 is 0 Å². The highest BCUT2D eigenvalue weighted by Crippen LogP contribution is 2.37. The summed E-state index contributed by atoms with van der Waals surface area (Å²) in [6, 6.07) is 19.2. The van der Waals surface area contributed by atoms with Crippen molar-refractivity contribution in [3.8, 4) is 22.3 Å². The summed E-state index contributed by atoms with van der Waals surface area (Å²) in [5.41, 5.74) is 2.87. The summed E-state index contributed by atoms with van der Waals surface area (Å²) in [5.74, 6) is 1.19. The first-order valence-electron chi connectivity index (χ1n) is 7.16. The summed E-state index contributed by atoms with van der Waals surface area (Å²) >= 11 is 6.93. The van der Waals surface area contributed by atoms with Crippen LogP contribution >= 0.6 is 31.9 Å². The molecule has 3 rings (SSSR count). The molecule has 0 aliphatic rings. The van der Waals surface area contributed by atoms with Crippen molar-refractivity contribution in [2.75, 3.05) is 0 Å². The zero-order valence-corrected chi connectivity index (χ0v) is 15.6. The number of halogens is 2. The molecule has 116 valence electrons. The van der Waals surface area contributed by atoms with Crippen LogP contribution in [0.2, 0.25) is 0 Å². The molecular weight excluding hydrogens is 420 g/mol. The molecular formula is C19H14Br2O2. The van der Waals surface area contributed by atoms with Gasteiger partial charge in [0.25, 0.3) is 0 Å². The molecule has 0 saturated carbocycles. The first-order valence-corrected chi connectivity index (χ1v) is 8.99. The van der Waals surface area contributed by atoms with Crippen molar-refractivity contribution < 1.29 is 4.42 Å². The van der Waals surface area contributed by atoms with Gasteiger partial charge in [-0.3, -0.25) is 4.79 Å². The Morgan fingerprint density at radius 1 is 0.826 bits per heavy atom. The number of hydrogen-bond acceptors (Lipinski definition) is 2. The van der Waals surface area contributed by atoms with Crippen LogP contribution < -0.4 is 5.43 Å². The highest BCUT2D eigenvalue weighted by molar-refractivity contribution is 9.24. The Labute approximate surface area is 151 Å². The third-order valence-electron chi connectivity index (χ3n) is 3.64. The summed E-state index contributed by atoms with van der Waals surface area (Å²) in [7, 11) is 0. The zero-order chi connectivity index (χ0) is 16.4. The molecule has 4 heteroatoms. The van der Waals surface area contributed by atoms with Crippen molar-refractivity contribution in [1.29, 1.82) is 0 Å². The van der Waals surface area contributed by atoms with Gasteiger partial charge in [-0.15, -0.1) is 0 Å². The van der Waals surface area contributed by atoms with Crippen LogP contribution in [0.15, 0.2) is 69.9 Å². The van der Waals surface area contributed by atoms with E-state index in [1.807, 2.05) is 67.6 Å². The maximum atomic E-state index is 13.2. The Morgan fingerprint density at radius 3 is 1.78 bits per heavy atom. The van der Waals surface area contributed by atoms with Crippen molar-refractivity contribution in [1.82, 2.24) is 0 Å². The molecule has 1 aromatic heterocycles. The SMILES string of the molecule is Cc1oc(C(Br)Br)c(-c2ccccc2)c(=O)c1-c1ccccc1. The minimum absolute atomic E-state index is 0.0231. The van der Waals surface area contributed by atoms with E-state index in [0.717, 1.165) is 11.1 Å². The molecule has 0 unspecified atom stereocenters. The first kappa shape index (κ1) is 16.2. The van der Waals surface area contributed by atoms with E-state index in [-0.39, 0.29) is 9.17 Å². The quantitative estimate of drug-likeness (QED) is 0.469. The lowest BCUT2D eigenvalue weighted by atomic mass is 9.98. The second-order valence-corrected chi connectivity index (χ2v) is 8.19. The molecule has 23 heavy (non-hydrogen) atoms. The van der Waals surface area contributed by atoms with Crippen molar-refractivity contribution >= 4 is 31.9 Å². The second-order valence-electron chi connectivity index (χ2n) is 5.13. The Kier molecular flexibility index (Phi) is 4.83. The molecule has 0 saturated heterocycles. The molecule has 0 aliphatic carbocycles. The molecule has 0 bridgehead atoms. The predicted molar refractivity (Wildman–Crippen MR) is 101 cm³/mol. The normalized spacial score (nSPS) is 11.0. The number of rotatable bonds is 3. The molecule has 0 spiro atoms. The lowest BCUT2D eigenvalue weighted by Crippen LogP contribution is -2.13. The largest absolute Gasteiger partial charge is 0.463 e. The van der Waals surface area contributed by atoms with E-state index in [1.54, 1.807) is 0 Å². The van der Waals surface area contributed by atoms with Gasteiger partial charge >= 0.3 is 0 Å². The smallest absolute Gasteiger partial charge is 0.201 e. The van der Waals surface area contributed by atoms with Gasteiger partial charge in [0.2, 0.25) is 5.43 Å². The van der Waals surface area contributed by atoms with Crippen LogP contribution in [-0.4, -0.2) is 0 Å². The number of aryl methyl sites for hydroxylation is 1. The summed E-state index contributed by atoms with van der Waals surface area (Å²) < 4.78 is 5.76. The lowest BCUT2D eigenvalue weighted by molar-refractivity contribution is 0.486. The van der Waals surface area contributed by atoms with Crippen LogP contribution in [0.3, 0.4) is 0 Å².